The number of aromatic nitrogens is 2. The second kappa shape index (κ2) is 5.57. The van der Waals surface area contributed by atoms with E-state index in [1.807, 2.05) is 0 Å². The summed E-state index contributed by atoms with van der Waals surface area (Å²) < 4.78 is 6.50. The lowest BCUT2D eigenvalue weighted by atomic mass is 9.54. The Morgan fingerprint density at radius 2 is 1.63 bits per heavy atom. The van der Waals surface area contributed by atoms with Gasteiger partial charge in [0.25, 0.3) is 0 Å². The fraction of sp³-hybridized carbons (Fsp3) is 0.636. The highest BCUT2D eigenvalue weighted by Gasteiger charge is 2.51. The molecule has 7 rings (SSSR count). The van der Waals surface area contributed by atoms with Crippen LogP contribution in [-0.2, 0) is 11.3 Å². The third-order valence-electron chi connectivity index (χ3n) is 7.76. The summed E-state index contributed by atoms with van der Waals surface area (Å²) in [6.07, 6.45) is 16.4. The van der Waals surface area contributed by atoms with Gasteiger partial charge in [-0.25, -0.2) is 9.78 Å². The van der Waals surface area contributed by atoms with Crippen LogP contribution in [0.4, 0.5) is 0 Å². The van der Waals surface area contributed by atoms with E-state index in [4.69, 9.17) is 4.74 Å². The number of aromatic amines is 1. The number of hydrogen-bond donors (Lipinski definition) is 2. The molecule has 4 fully saturated rings. The van der Waals surface area contributed by atoms with Crippen molar-refractivity contribution in [2.75, 3.05) is 0 Å². The Morgan fingerprint density at radius 3 is 2.15 bits per heavy atom. The van der Waals surface area contributed by atoms with Crippen LogP contribution in [0.2, 0.25) is 0 Å². The zero-order valence-corrected chi connectivity index (χ0v) is 15.4. The number of aromatic carboxylic acids is 1. The first-order valence-electron chi connectivity index (χ1n) is 10.4. The highest BCUT2D eigenvalue weighted by molar-refractivity contribution is 5.86. The topological polar surface area (TPSA) is 75.2 Å². The Bertz CT molecular complexity index is 786. The molecule has 1 aromatic rings. The molecule has 27 heavy (non-hydrogen) atoms. The van der Waals surface area contributed by atoms with E-state index in [2.05, 4.69) is 34.3 Å². The Hall–Kier alpha value is -1.88. The van der Waals surface area contributed by atoms with Gasteiger partial charge >= 0.3 is 5.97 Å². The van der Waals surface area contributed by atoms with Gasteiger partial charge in [0.1, 0.15) is 5.82 Å². The Balaban J connectivity index is 1.24. The molecule has 5 heteroatoms. The number of carboxylic acid groups (broad SMARTS) is 1. The monoisotopic (exact) mass is 366 g/mol. The van der Waals surface area contributed by atoms with Gasteiger partial charge in [-0.3, -0.25) is 0 Å². The number of hydrogen-bond acceptors (Lipinski definition) is 3. The zero-order valence-electron chi connectivity index (χ0n) is 15.4. The summed E-state index contributed by atoms with van der Waals surface area (Å²) >= 11 is 0. The maximum Gasteiger partial charge on any atom is 0.356 e. The molecular weight excluding hydrogens is 340 g/mol. The van der Waals surface area contributed by atoms with Gasteiger partial charge in [-0.2, -0.15) is 0 Å². The molecule has 0 amide bonds. The Morgan fingerprint density at radius 1 is 1.07 bits per heavy atom. The number of nitrogens with zero attached hydrogens (tertiary/aromatic N) is 1. The van der Waals surface area contributed by atoms with Crippen LogP contribution in [0.3, 0.4) is 0 Å². The lowest BCUT2D eigenvalue weighted by Gasteiger charge is -2.56. The van der Waals surface area contributed by atoms with Gasteiger partial charge in [0, 0.05) is 17.8 Å². The van der Waals surface area contributed by atoms with Crippen LogP contribution in [0, 0.1) is 29.6 Å². The Labute approximate surface area is 158 Å². The number of ether oxygens (including phenoxy) is 1. The van der Waals surface area contributed by atoms with Gasteiger partial charge in [-0.1, -0.05) is 24.3 Å². The van der Waals surface area contributed by atoms with Crippen molar-refractivity contribution in [3.63, 3.8) is 0 Å². The quantitative estimate of drug-likeness (QED) is 0.771. The van der Waals surface area contributed by atoms with Crippen molar-refractivity contribution in [2.24, 2.45) is 29.6 Å². The van der Waals surface area contributed by atoms with Crippen molar-refractivity contribution >= 4 is 5.97 Å². The lowest BCUT2D eigenvalue weighted by molar-refractivity contribution is -0.169. The molecule has 0 aliphatic heterocycles. The average Bonchev–Trinajstić information content (AvgIpc) is 3.32. The van der Waals surface area contributed by atoms with E-state index >= 15 is 0 Å². The van der Waals surface area contributed by atoms with Crippen molar-refractivity contribution in [1.82, 2.24) is 9.97 Å². The van der Waals surface area contributed by atoms with Gasteiger partial charge < -0.3 is 14.8 Å². The largest absolute Gasteiger partial charge is 0.476 e. The summed E-state index contributed by atoms with van der Waals surface area (Å²) in [5, 5.41) is 9.66. The summed E-state index contributed by atoms with van der Waals surface area (Å²) in [6.45, 7) is 0.337. The zero-order chi connectivity index (χ0) is 18.2. The SMILES string of the molecule is O=C(O)c1nc(C2C3C=CC2C=C3)[nH]c1COC12CC3CC(CC(C3)C1)C2. The highest BCUT2D eigenvalue weighted by Crippen LogP contribution is 2.57. The minimum absolute atomic E-state index is 0.0225. The molecule has 0 aromatic carbocycles. The van der Waals surface area contributed by atoms with E-state index in [0.29, 0.717) is 24.1 Å². The van der Waals surface area contributed by atoms with Crippen molar-refractivity contribution < 1.29 is 14.6 Å². The van der Waals surface area contributed by atoms with Crippen LogP contribution in [0.5, 0.6) is 0 Å². The fourth-order valence-corrected chi connectivity index (χ4v) is 7.04. The first-order chi connectivity index (χ1) is 13.1. The Kier molecular flexibility index (Phi) is 3.32. The third-order valence-corrected chi connectivity index (χ3v) is 7.76. The molecule has 6 aliphatic carbocycles. The van der Waals surface area contributed by atoms with Crippen molar-refractivity contribution in [2.45, 2.75) is 56.7 Å². The maximum absolute atomic E-state index is 11.8. The molecule has 0 spiro atoms. The highest BCUT2D eigenvalue weighted by atomic mass is 16.5. The van der Waals surface area contributed by atoms with Gasteiger partial charge in [0.2, 0.25) is 0 Å². The third kappa shape index (κ3) is 2.47. The number of allylic oxidation sites excluding steroid dienone is 4. The minimum Gasteiger partial charge on any atom is -0.476 e. The molecule has 6 bridgehead atoms. The molecule has 1 heterocycles. The van der Waals surface area contributed by atoms with Gasteiger partial charge in [0.15, 0.2) is 5.69 Å². The van der Waals surface area contributed by atoms with E-state index in [1.165, 1.54) is 19.3 Å². The molecule has 5 nitrogen and oxygen atoms in total. The van der Waals surface area contributed by atoms with Crippen LogP contribution in [0.1, 0.15) is 66.4 Å². The number of rotatable bonds is 5. The summed E-state index contributed by atoms with van der Waals surface area (Å²) in [4.78, 5) is 19.6. The number of H-pyrrole nitrogens is 1. The van der Waals surface area contributed by atoms with Gasteiger partial charge in [-0.15, -0.1) is 0 Å². The molecule has 6 aliphatic rings. The molecule has 0 radical (unpaired) electrons. The number of imidazole rings is 1. The molecular formula is C22H26N2O3. The minimum atomic E-state index is -0.965. The molecule has 0 saturated heterocycles. The average molecular weight is 366 g/mol. The predicted molar refractivity (Wildman–Crippen MR) is 99.2 cm³/mol. The van der Waals surface area contributed by atoms with Crippen LogP contribution in [0.15, 0.2) is 24.3 Å². The molecule has 0 unspecified atom stereocenters. The second-order valence-electron chi connectivity index (χ2n) is 9.59. The number of carbonyl (C=O) groups is 1. The summed E-state index contributed by atoms with van der Waals surface area (Å²) in [7, 11) is 0. The van der Waals surface area contributed by atoms with E-state index in [9.17, 15) is 9.90 Å². The van der Waals surface area contributed by atoms with Crippen molar-refractivity contribution in [1.29, 1.82) is 0 Å². The van der Waals surface area contributed by atoms with Crippen LogP contribution in [0.25, 0.3) is 0 Å². The molecule has 1 aromatic heterocycles. The smallest absolute Gasteiger partial charge is 0.356 e. The van der Waals surface area contributed by atoms with E-state index in [1.54, 1.807) is 0 Å². The molecule has 4 saturated carbocycles. The van der Waals surface area contributed by atoms with Crippen LogP contribution >= 0.6 is 0 Å². The fourth-order valence-electron chi connectivity index (χ4n) is 7.04. The van der Waals surface area contributed by atoms with E-state index in [0.717, 1.165) is 42.8 Å². The van der Waals surface area contributed by atoms with Gasteiger partial charge in [0.05, 0.1) is 17.9 Å². The molecule has 0 atom stereocenters. The number of nitrogens with one attached hydrogen (secondary N) is 1. The predicted octanol–water partition coefficient (Wildman–Crippen LogP) is 4.05. The first-order valence-corrected chi connectivity index (χ1v) is 10.4. The standard InChI is InChI=1S/C22H26N2O3/c25-21(26)19-17(23-20(24-19)18-15-1-2-16(18)4-3-15)11-27-22-8-12-5-13(9-22)7-14(6-12)10-22/h1-4,12-16,18H,5-11H2,(H,23,24)(H,25,26). The number of carboxylic acids is 1. The van der Waals surface area contributed by atoms with Crippen molar-refractivity contribution in [3.05, 3.63) is 41.5 Å². The van der Waals surface area contributed by atoms with Crippen LogP contribution < -0.4 is 0 Å². The summed E-state index contributed by atoms with van der Waals surface area (Å²) in [5.74, 6) is 3.17. The first kappa shape index (κ1) is 16.1. The summed E-state index contributed by atoms with van der Waals surface area (Å²) in [5.41, 5.74) is 0.756. The normalized spacial score (nSPS) is 43.1. The maximum atomic E-state index is 11.8. The lowest BCUT2D eigenvalue weighted by Crippen LogP contribution is -2.51. The number of fused-ring (bicyclic) bond motifs is 2. The van der Waals surface area contributed by atoms with E-state index < -0.39 is 5.97 Å². The molecule has 142 valence electrons. The molecule has 2 N–H and O–H groups in total. The van der Waals surface area contributed by atoms with Crippen LogP contribution in [-0.4, -0.2) is 26.6 Å². The summed E-state index contributed by atoms with van der Waals surface area (Å²) in [6, 6.07) is 0. The van der Waals surface area contributed by atoms with Gasteiger partial charge in [-0.05, 0) is 56.3 Å². The second-order valence-corrected chi connectivity index (χ2v) is 9.59. The van der Waals surface area contributed by atoms with Crippen molar-refractivity contribution in [3.8, 4) is 0 Å². The van der Waals surface area contributed by atoms with E-state index in [-0.39, 0.29) is 17.2 Å².